The first-order valence-corrected chi connectivity index (χ1v) is 7.21. The number of ether oxygens (including phenoxy) is 2. The lowest BCUT2D eigenvalue weighted by Crippen LogP contribution is -2.30. The van der Waals surface area contributed by atoms with Crippen molar-refractivity contribution < 1.29 is 14.3 Å². The van der Waals surface area contributed by atoms with Gasteiger partial charge in [-0.2, -0.15) is 0 Å². The summed E-state index contributed by atoms with van der Waals surface area (Å²) < 4.78 is 10.3. The lowest BCUT2D eigenvalue weighted by Gasteiger charge is -2.11. The van der Waals surface area contributed by atoms with Crippen LogP contribution in [0.1, 0.15) is 23.2 Å². The van der Waals surface area contributed by atoms with Gasteiger partial charge < -0.3 is 14.8 Å². The topological polar surface area (TPSA) is 47.6 Å². The molecule has 0 spiro atoms. The van der Waals surface area contributed by atoms with E-state index in [1.165, 1.54) is 12.8 Å². The summed E-state index contributed by atoms with van der Waals surface area (Å²) in [6.07, 6.45) is 2.50. The predicted molar refractivity (Wildman–Crippen MR) is 77.3 cm³/mol. The van der Waals surface area contributed by atoms with E-state index in [-0.39, 0.29) is 5.91 Å². The molecule has 1 saturated carbocycles. The molecule has 1 aromatic carbocycles. The van der Waals surface area contributed by atoms with E-state index < -0.39 is 0 Å². The molecule has 0 bridgehead atoms. The molecule has 1 aliphatic carbocycles. The van der Waals surface area contributed by atoms with Crippen LogP contribution >= 0.6 is 15.9 Å². The highest BCUT2D eigenvalue weighted by Crippen LogP contribution is 2.36. The minimum Gasteiger partial charge on any atom is -0.497 e. The number of benzene rings is 1. The quantitative estimate of drug-likeness (QED) is 0.817. The first-order valence-electron chi connectivity index (χ1n) is 6.29. The van der Waals surface area contributed by atoms with Crippen molar-refractivity contribution in [3.05, 3.63) is 23.8 Å². The molecule has 1 aromatic rings. The maximum absolute atomic E-state index is 12.1. The number of hydrogen-bond acceptors (Lipinski definition) is 3. The lowest BCUT2D eigenvalue weighted by molar-refractivity contribution is 0.0952. The molecule has 104 valence electrons. The van der Waals surface area contributed by atoms with Crippen LogP contribution in [0.25, 0.3) is 0 Å². The zero-order valence-electron chi connectivity index (χ0n) is 11.1. The fourth-order valence-corrected chi connectivity index (χ4v) is 2.55. The van der Waals surface area contributed by atoms with Crippen molar-refractivity contribution in [3.63, 3.8) is 0 Å². The fourth-order valence-electron chi connectivity index (χ4n) is 1.86. The van der Waals surface area contributed by atoms with Crippen LogP contribution in [0.15, 0.2) is 18.2 Å². The summed E-state index contributed by atoms with van der Waals surface area (Å²) >= 11 is 3.60. The Balaban J connectivity index is 2.00. The van der Waals surface area contributed by atoms with Crippen molar-refractivity contribution in [1.82, 2.24) is 5.32 Å². The van der Waals surface area contributed by atoms with Crippen molar-refractivity contribution in [2.24, 2.45) is 5.92 Å². The first-order chi connectivity index (χ1) is 9.13. The predicted octanol–water partition coefficient (Wildman–Crippen LogP) is 2.61. The highest BCUT2D eigenvalue weighted by molar-refractivity contribution is 9.09. The van der Waals surface area contributed by atoms with E-state index in [0.29, 0.717) is 34.4 Å². The molecule has 1 amide bonds. The van der Waals surface area contributed by atoms with Crippen LogP contribution in [-0.2, 0) is 0 Å². The van der Waals surface area contributed by atoms with Gasteiger partial charge in [0.2, 0.25) is 0 Å². The van der Waals surface area contributed by atoms with Gasteiger partial charge in [0.1, 0.15) is 11.5 Å². The molecule has 1 atom stereocenters. The van der Waals surface area contributed by atoms with Crippen molar-refractivity contribution in [3.8, 4) is 11.5 Å². The molecule has 1 fully saturated rings. The Morgan fingerprint density at radius 2 is 1.89 bits per heavy atom. The van der Waals surface area contributed by atoms with Gasteiger partial charge in [0, 0.05) is 23.0 Å². The highest BCUT2D eigenvalue weighted by atomic mass is 79.9. The number of rotatable bonds is 6. The van der Waals surface area contributed by atoms with E-state index in [2.05, 4.69) is 21.2 Å². The molecule has 0 aliphatic heterocycles. The third-order valence-electron chi connectivity index (χ3n) is 3.20. The number of hydrogen-bond donors (Lipinski definition) is 1. The standard InChI is InChI=1S/C14H18BrNO3/c1-18-11-5-10(6-12(7-11)19-2)14(17)16-8-13(15)9-3-4-9/h5-7,9,13H,3-4,8H2,1-2H3,(H,16,17). The smallest absolute Gasteiger partial charge is 0.251 e. The Morgan fingerprint density at radius 1 is 1.32 bits per heavy atom. The summed E-state index contributed by atoms with van der Waals surface area (Å²) in [5.41, 5.74) is 0.548. The molecule has 0 radical (unpaired) electrons. The number of carbonyl (C=O) groups is 1. The molecule has 0 aromatic heterocycles. The number of amides is 1. The second-order valence-electron chi connectivity index (χ2n) is 4.66. The summed E-state index contributed by atoms with van der Waals surface area (Å²) in [5.74, 6) is 1.83. The SMILES string of the molecule is COc1cc(OC)cc(C(=O)NCC(Br)C2CC2)c1. The molecule has 19 heavy (non-hydrogen) atoms. The van der Waals surface area contributed by atoms with Crippen LogP contribution in [0.2, 0.25) is 0 Å². The van der Waals surface area contributed by atoms with Crippen molar-refractivity contribution in [2.75, 3.05) is 20.8 Å². The van der Waals surface area contributed by atoms with Crippen LogP contribution in [-0.4, -0.2) is 31.5 Å². The number of carbonyl (C=O) groups excluding carboxylic acids is 1. The molecule has 4 nitrogen and oxygen atoms in total. The Bertz CT molecular complexity index is 438. The van der Waals surface area contributed by atoms with Gasteiger partial charge in [-0.1, -0.05) is 15.9 Å². The maximum atomic E-state index is 12.1. The van der Waals surface area contributed by atoms with Crippen LogP contribution < -0.4 is 14.8 Å². The highest BCUT2D eigenvalue weighted by Gasteiger charge is 2.29. The molecule has 1 unspecified atom stereocenters. The summed E-state index contributed by atoms with van der Waals surface area (Å²) in [6, 6.07) is 5.16. The van der Waals surface area contributed by atoms with Gasteiger partial charge >= 0.3 is 0 Å². The third kappa shape index (κ3) is 3.86. The molecular weight excluding hydrogens is 310 g/mol. The monoisotopic (exact) mass is 327 g/mol. The molecule has 5 heteroatoms. The Morgan fingerprint density at radius 3 is 2.37 bits per heavy atom. The van der Waals surface area contributed by atoms with Crippen molar-refractivity contribution in [2.45, 2.75) is 17.7 Å². The van der Waals surface area contributed by atoms with E-state index in [1.54, 1.807) is 32.4 Å². The minimum atomic E-state index is -0.109. The number of methoxy groups -OCH3 is 2. The van der Waals surface area contributed by atoms with E-state index in [4.69, 9.17) is 9.47 Å². The van der Waals surface area contributed by atoms with E-state index in [9.17, 15) is 4.79 Å². The normalized spacial score (nSPS) is 15.7. The van der Waals surface area contributed by atoms with Gasteiger partial charge in [-0.15, -0.1) is 0 Å². The summed E-state index contributed by atoms with van der Waals surface area (Å²) in [6.45, 7) is 0.642. The van der Waals surface area contributed by atoms with Gasteiger partial charge in [0.25, 0.3) is 5.91 Å². The van der Waals surface area contributed by atoms with Gasteiger partial charge in [-0.3, -0.25) is 4.79 Å². The number of alkyl halides is 1. The van der Waals surface area contributed by atoms with E-state index in [0.717, 1.165) is 0 Å². The average molecular weight is 328 g/mol. The molecule has 0 heterocycles. The minimum absolute atomic E-state index is 0.109. The van der Waals surface area contributed by atoms with Crippen molar-refractivity contribution in [1.29, 1.82) is 0 Å². The van der Waals surface area contributed by atoms with Crippen LogP contribution in [0.3, 0.4) is 0 Å². The lowest BCUT2D eigenvalue weighted by atomic mass is 10.2. The van der Waals surface area contributed by atoms with Crippen LogP contribution in [0, 0.1) is 5.92 Å². The maximum Gasteiger partial charge on any atom is 0.251 e. The molecular formula is C14H18BrNO3. The molecule has 1 N–H and O–H groups in total. The Hall–Kier alpha value is -1.23. The Kier molecular flexibility index (Phi) is 4.69. The molecule has 2 rings (SSSR count). The second-order valence-corrected chi connectivity index (χ2v) is 5.84. The molecule has 1 aliphatic rings. The zero-order chi connectivity index (χ0) is 13.8. The summed E-state index contributed by atoms with van der Waals surface area (Å²) in [4.78, 5) is 12.5. The van der Waals surface area contributed by atoms with Gasteiger partial charge in [0.05, 0.1) is 14.2 Å². The fraction of sp³-hybridized carbons (Fsp3) is 0.500. The Labute approximate surface area is 121 Å². The summed E-state index contributed by atoms with van der Waals surface area (Å²) in [7, 11) is 3.14. The average Bonchev–Trinajstić information content (AvgIpc) is 3.28. The zero-order valence-corrected chi connectivity index (χ0v) is 12.7. The van der Waals surface area contributed by atoms with Gasteiger partial charge in [-0.25, -0.2) is 0 Å². The number of nitrogens with one attached hydrogen (secondary N) is 1. The van der Waals surface area contributed by atoms with E-state index in [1.807, 2.05) is 0 Å². The summed E-state index contributed by atoms with van der Waals surface area (Å²) in [5, 5.41) is 2.93. The van der Waals surface area contributed by atoms with Crippen LogP contribution in [0.4, 0.5) is 0 Å². The third-order valence-corrected chi connectivity index (χ3v) is 4.28. The second kappa shape index (κ2) is 6.28. The van der Waals surface area contributed by atoms with Crippen molar-refractivity contribution >= 4 is 21.8 Å². The van der Waals surface area contributed by atoms with Gasteiger partial charge in [0.15, 0.2) is 0 Å². The van der Waals surface area contributed by atoms with Crippen LogP contribution in [0.5, 0.6) is 11.5 Å². The number of halogens is 1. The van der Waals surface area contributed by atoms with E-state index >= 15 is 0 Å². The molecule has 0 saturated heterocycles. The first kappa shape index (κ1) is 14.2. The largest absolute Gasteiger partial charge is 0.497 e. The van der Waals surface area contributed by atoms with Gasteiger partial charge in [-0.05, 0) is 30.9 Å².